The highest BCUT2D eigenvalue weighted by Gasteiger charge is 2.33. The van der Waals surface area contributed by atoms with Gasteiger partial charge < -0.3 is 14.5 Å². The molecule has 7 aromatic carbocycles. The Kier molecular flexibility index (Phi) is 11.6. The number of nitrogens with zero attached hydrogens (tertiary/aromatic N) is 4. The van der Waals surface area contributed by atoms with E-state index in [1.54, 1.807) is 0 Å². The van der Waals surface area contributed by atoms with Crippen LogP contribution in [0.1, 0.15) is 129 Å². The lowest BCUT2D eigenvalue weighted by molar-refractivity contribution is 0.479. The van der Waals surface area contributed by atoms with Crippen LogP contribution in [-0.2, 0) is 27.1 Å². The van der Waals surface area contributed by atoms with Crippen molar-refractivity contribution in [2.24, 2.45) is 0 Å². The fourth-order valence-corrected chi connectivity index (χ4v) is 10.3. The van der Waals surface area contributed by atoms with Crippen molar-refractivity contribution < 1.29 is 4.74 Å². The Balaban J connectivity index is 1.09. The molecule has 3 heterocycles. The van der Waals surface area contributed by atoms with Crippen molar-refractivity contribution in [3.8, 4) is 17.3 Å². The zero-order chi connectivity index (χ0) is 50.3. The molecule has 0 bridgehead atoms. The second kappa shape index (κ2) is 17.3. The minimum absolute atomic E-state index is 0.00918. The van der Waals surface area contributed by atoms with Gasteiger partial charge in [0, 0.05) is 51.3 Å². The number of hydrogen-bond donors (Lipinski definition) is 0. The summed E-state index contributed by atoms with van der Waals surface area (Å²) < 4.78 is 9.44. The largest absolute Gasteiger partial charge is 0.457 e. The Bertz CT molecular complexity index is 3430. The third-order valence-electron chi connectivity index (χ3n) is 15.2. The normalized spacial score (nSPS) is 13.6. The maximum Gasteiger partial charge on any atom is 0.137 e. The lowest BCUT2D eigenvalue weighted by Gasteiger charge is -2.28. The van der Waals surface area contributed by atoms with E-state index in [0.29, 0.717) is 6.67 Å². The highest BCUT2D eigenvalue weighted by molar-refractivity contribution is 6.10. The maximum absolute atomic E-state index is 7.11. The van der Waals surface area contributed by atoms with Crippen molar-refractivity contribution in [1.29, 1.82) is 0 Å². The molecular weight excluding hydrogens is 865 g/mol. The smallest absolute Gasteiger partial charge is 0.137 e. The van der Waals surface area contributed by atoms with Crippen LogP contribution in [0.5, 0.6) is 11.5 Å². The molecule has 9 aromatic rings. The predicted molar refractivity (Wildman–Crippen MR) is 300 cm³/mol. The van der Waals surface area contributed by atoms with Gasteiger partial charge in [0.1, 0.15) is 24.0 Å². The average molecular weight is 935 g/mol. The molecule has 0 amide bonds. The summed E-state index contributed by atoms with van der Waals surface area (Å²) in [6.45, 7) is 30.5. The number of hydrogen-bond acceptors (Lipinski definition) is 4. The molecule has 1 aliphatic heterocycles. The maximum atomic E-state index is 7.11. The van der Waals surface area contributed by atoms with E-state index in [0.717, 1.165) is 39.4 Å². The van der Waals surface area contributed by atoms with Crippen LogP contribution < -0.4 is 14.5 Å². The lowest BCUT2D eigenvalue weighted by Crippen LogP contribution is -2.25. The van der Waals surface area contributed by atoms with Crippen LogP contribution in [-0.4, -0.2) is 16.2 Å². The summed E-state index contributed by atoms with van der Waals surface area (Å²) in [5.74, 6) is 2.45. The van der Waals surface area contributed by atoms with Gasteiger partial charge in [-0.3, -0.25) is 4.57 Å². The fraction of sp³-hybridized carbons (Fsp3) is 0.288. The number of ether oxygens (including phenoxy) is 1. The van der Waals surface area contributed by atoms with Crippen LogP contribution in [0, 0.1) is 0 Å². The molecule has 2 aromatic heterocycles. The average Bonchev–Trinajstić information content (AvgIpc) is 3.89. The van der Waals surface area contributed by atoms with Crippen molar-refractivity contribution in [3.05, 3.63) is 215 Å². The van der Waals surface area contributed by atoms with E-state index in [1.165, 1.54) is 61.4 Å². The first-order valence-corrected chi connectivity index (χ1v) is 25.4. The van der Waals surface area contributed by atoms with Gasteiger partial charge in [0.25, 0.3) is 0 Å². The van der Waals surface area contributed by atoms with E-state index in [1.807, 2.05) is 6.20 Å². The van der Waals surface area contributed by atoms with Crippen LogP contribution in [0.2, 0.25) is 0 Å². The van der Waals surface area contributed by atoms with Crippen molar-refractivity contribution in [3.63, 3.8) is 0 Å². The molecular formula is C66H70N4O. The highest BCUT2D eigenvalue weighted by atomic mass is 16.5. The first-order valence-electron chi connectivity index (χ1n) is 25.4. The van der Waals surface area contributed by atoms with Crippen molar-refractivity contribution >= 4 is 44.6 Å². The van der Waals surface area contributed by atoms with Gasteiger partial charge in [-0.2, -0.15) is 0 Å². The quantitative estimate of drug-likeness (QED) is 0.144. The van der Waals surface area contributed by atoms with Gasteiger partial charge in [0.15, 0.2) is 0 Å². The van der Waals surface area contributed by atoms with E-state index in [-0.39, 0.29) is 27.1 Å². The lowest BCUT2D eigenvalue weighted by atomic mass is 9.78. The van der Waals surface area contributed by atoms with Gasteiger partial charge >= 0.3 is 0 Å². The summed E-state index contributed by atoms with van der Waals surface area (Å²) >= 11 is 0. The van der Waals surface area contributed by atoms with Crippen LogP contribution in [0.3, 0.4) is 0 Å². The third-order valence-corrected chi connectivity index (χ3v) is 15.2. The fourth-order valence-electron chi connectivity index (χ4n) is 10.3. The molecule has 0 N–H and O–H groups in total. The molecule has 5 heteroatoms. The standard InChI is InChI=1S/C66H70N4O/c1-62(2,3)46-25-20-26-51(35-46)68-43-69(58-32-28-48(39-60(58)68)65(10,11)44-21-16-14-17-22-44)52-36-50(64(7,8)9)37-54(41-52)71-53-29-30-55-56-38-47(63(4,5)6)27-31-57(56)70(59(55)42-53)61-40-49(33-34-67-61)66(12,13)45-23-18-15-19-24-45/h14-42H,43H2,1-13H3. The molecule has 0 aliphatic carbocycles. The molecule has 0 atom stereocenters. The number of pyridine rings is 1. The Labute approximate surface area is 422 Å². The highest BCUT2D eigenvalue weighted by Crippen LogP contribution is 2.49. The van der Waals surface area contributed by atoms with Gasteiger partial charge in [-0.05, 0) is 128 Å². The summed E-state index contributed by atoms with van der Waals surface area (Å²) in [6, 6.07) is 62.5. The molecule has 71 heavy (non-hydrogen) atoms. The Morgan fingerprint density at radius 1 is 0.380 bits per heavy atom. The number of aromatic nitrogens is 2. The van der Waals surface area contributed by atoms with Gasteiger partial charge in [-0.25, -0.2) is 4.98 Å². The summed E-state index contributed by atoms with van der Waals surface area (Å²) in [5.41, 5.74) is 15.1. The predicted octanol–water partition coefficient (Wildman–Crippen LogP) is 17.8. The second-order valence-corrected chi connectivity index (χ2v) is 24.0. The number of anilines is 4. The van der Waals surface area contributed by atoms with Gasteiger partial charge in [-0.1, -0.05) is 175 Å². The summed E-state index contributed by atoms with van der Waals surface area (Å²) in [7, 11) is 0. The summed E-state index contributed by atoms with van der Waals surface area (Å²) in [4.78, 5) is 10.0. The van der Waals surface area contributed by atoms with Gasteiger partial charge in [0.05, 0.1) is 22.4 Å². The second-order valence-electron chi connectivity index (χ2n) is 24.0. The summed E-state index contributed by atoms with van der Waals surface area (Å²) in [5, 5.41) is 2.36. The Hall–Kier alpha value is -7.11. The van der Waals surface area contributed by atoms with E-state index < -0.39 is 0 Å². The van der Waals surface area contributed by atoms with Crippen LogP contribution in [0.15, 0.2) is 176 Å². The summed E-state index contributed by atoms with van der Waals surface area (Å²) in [6.07, 6.45) is 1.96. The van der Waals surface area contributed by atoms with E-state index in [2.05, 4.69) is 274 Å². The number of fused-ring (bicyclic) bond motifs is 4. The zero-order valence-corrected chi connectivity index (χ0v) is 44.1. The molecule has 0 unspecified atom stereocenters. The third kappa shape index (κ3) is 8.90. The molecule has 0 fully saturated rings. The first-order chi connectivity index (χ1) is 33.6. The Morgan fingerprint density at radius 2 is 0.958 bits per heavy atom. The van der Waals surface area contributed by atoms with E-state index in [9.17, 15) is 0 Å². The molecule has 0 spiro atoms. The molecule has 0 saturated carbocycles. The van der Waals surface area contributed by atoms with Crippen molar-refractivity contribution in [2.75, 3.05) is 16.5 Å². The van der Waals surface area contributed by atoms with E-state index in [4.69, 9.17) is 9.72 Å². The number of rotatable bonds is 9. The van der Waals surface area contributed by atoms with Crippen LogP contribution in [0.25, 0.3) is 27.6 Å². The molecule has 1 aliphatic rings. The van der Waals surface area contributed by atoms with E-state index >= 15 is 0 Å². The number of benzene rings is 7. The van der Waals surface area contributed by atoms with Crippen molar-refractivity contribution in [2.45, 2.75) is 117 Å². The molecule has 0 saturated heterocycles. The monoisotopic (exact) mass is 935 g/mol. The molecule has 0 radical (unpaired) electrons. The SMILES string of the molecule is CC(C)(C)c1cccc(N2CN(c3cc(Oc4ccc5c6cc(C(C)(C)C)ccc6n(-c6cc(C(C)(C)c7ccccc7)ccn6)c5c4)cc(C(C)(C)C)c3)c3ccc(C(C)(C)c4ccccc4)cc32)c1. The molecule has 10 rings (SSSR count). The minimum Gasteiger partial charge on any atom is -0.457 e. The zero-order valence-electron chi connectivity index (χ0n) is 44.1. The van der Waals surface area contributed by atoms with Gasteiger partial charge in [-0.15, -0.1) is 0 Å². The minimum atomic E-state index is -0.231. The van der Waals surface area contributed by atoms with Crippen LogP contribution >= 0.6 is 0 Å². The topological polar surface area (TPSA) is 33.5 Å². The molecule has 5 nitrogen and oxygen atoms in total. The first kappa shape index (κ1) is 47.6. The van der Waals surface area contributed by atoms with Crippen molar-refractivity contribution in [1.82, 2.24) is 9.55 Å². The molecule has 360 valence electrons. The van der Waals surface area contributed by atoms with Crippen LogP contribution in [0.4, 0.5) is 22.7 Å². The Morgan fingerprint density at radius 3 is 1.61 bits per heavy atom. The van der Waals surface area contributed by atoms with Gasteiger partial charge in [0.2, 0.25) is 0 Å².